The normalized spacial score (nSPS) is 13.9. The Kier molecular flexibility index (Phi) is 7.35. The van der Waals surface area contributed by atoms with Crippen molar-refractivity contribution < 1.29 is 9.59 Å². The van der Waals surface area contributed by atoms with E-state index in [0.717, 1.165) is 48.3 Å². The first kappa shape index (κ1) is 24.3. The predicted octanol–water partition coefficient (Wildman–Crippen LogP) is 5.94. The van der Waals surface area contributed by atoms with E-state index in [9.17, 15) is 9.59 Å². The molecule has 5 heteroatoms. The van der Waals surface area contributed by atoms with Gasteiger partial charge in [-0.2, -0.15) is 0 Å². The zero-order valence-corrected chi connectivity index (χ0v) is 20.7. The number of nitrogens with zero attached hydrogens (tertiary/aromatic N) is 1. The molecule has 2 N–H and O–H groups in total. The number of hydrogen-bond donors (Lipinski definition) is 2. The number of anilines is 1. The van der Waals surface area contributed by atoms with Crippen molar-refractivity contribution in [1.82, 2.24) is 10.2 Å². The van der Waals surface area contributed by atoms with Gasteiger partial charge in [-0.3, -0.25) is 9.59 Å². The zero-order chi connectivity index (χ0) is 24.9. The second-order valence-electron chi connectivity index (χ2n) is 9.31. The van der Waals surface area contributed by atoms with Gasteiger partial charge < -0.3 is 15.5 Å². The van der Waals surface area contributed by atoms with Gasteiger partial charge in [-0.1, -0.05) is 54.6 Å². The molecular formula is C30H33N3O2. The van der Waals surface area contributed by atoms with E-state index in [1.54, 1.807) is 18.2 Å². The van der Waals surface area contributed by atoms with Crippen LogP contribution in [0.15, 0.2) is 79.0 Å². The summed E-state index contributed by atoms with van der Waals surface area (Å²) in [6.45, 7) is 11.9. The van der Waals surface area contributed by atoms with Crippen LogP contribution < -0.4 is 10.6 Å². The second-order valence-corrected chi connectivity index (χ2v) is 9.31. The van der Waals surface area contributed by atoms with E-state index in [2.05, 4.69) is 30.2 Å². The van der Waals surface area contributed by atoms with Crippen molar-refractivity contribution in [2.45, 2.75) is 39.7 Å². The van der Waals surface area contributed by atoms with Crippen LogP contribution in [0.4, 0.5) is 5.69 Å². The van der Waals surface area contributed by atoms with Crippen LogP contribution in [0, 0.1) is 20.8 Å². The van der Waals surface area contributed by atoms with E-state index in [-0.39, 0.29) is 11.8 Å². The average Bonchev–Trinajstić information content (AvgIpc) is 3.39. The van der Waals surface area contributed by atoms with Crippen molar-refractivity contribution in [1.29, 1.82) is 0 Å². The van der Waals surface area contributed by atoms with E-state index in [1.165, 1.54) is 5.56 Å². The van der Waals surface area contributed by atoms with Gasteiger partial charge in [0.2, 0.25) is 0 Å². The van der Waals surface area contributed by atoms with Crippen LogP contribution in [-0.4, -0.2) is 29.8 Å². The SMILES string of the molecule is C=C(Nc1ccc(C)cc1C)C(NC(=O)c1ccc(C(=O)N2CCCC2)c(C)c1)c1ccccc1. The van der Waals surface area contributed by atoms with Gasteiger partial charge in [-0.25, -0.2) is 0 Å². The second kappa shape index (κ2) is 10.6. The molecule has 0 bridgehead atoms. The van der Waals surface area contributed by atoms with Crippen molar-refractivity contribution in [3.63, 3.8) is 0 Å². The summed E-state index contributed by atoms with van der Waals surface area (Å²) in [5, 5.41) is 6.54. The lowest BCUT2D eigenvalue weighted by molar-refractivity contribution is 0.0791. The highest BCUT2D eigenvalue weighted by atomic mass is 16.2. The minimum atomic E-state index is -0.435. The molecule has 0 aromatic heterocycles. The van der Waals surface area contributed by atoms with E-state index >= 15 is 0 Å². The summed E-state index contributed by atoms with van der Waals surface area (Å²) in [6.07, 6.45) is 2.10. The van der Waals surface area contributed by atoms with Crippen molar-refractivity contribution in [2.24, 2.45) is 0 Å². The maximum Gasteiger partial charge on any atom is 0.254 e. The largest absolute Gasteiger partial charge is 0.357 e. The van der Waals surface area contributed by atoms with Gasteiger partial charge >= 0.3 is 0 Å². The fourth-order valence-electron chi connectivity index (χ4n) is 4.57. The molecule has 1 saturated heterocycles. The van der Waals surface area contributed by atoms with Crippen molar-refractivity contribution in [3.8, 4) is 0 Å². The maximum atomic E-state index is 13.3. The minimum Gasteiger partial charge on any atom is -0.357 e. The smallest absolute Gasteiger partial charge is 0.254 e. The predicted molar refractivity (Wildman–Crippen MR) is 142 cm³/mol. The monoisotopic (exact) mass is 467 g/mol. The Morgan fingerprint density at radius 1 is 0.886 bits per heavy atom. The molecule has 1 unspecified atom stereocenters. The number of amides is 2. The summed E-state index contributed by atoms with van der Waals surface area (Å²) < 4.78 is 0. The van der Waals surface area contributed by atoms with E-state index in [1.807, 2.05) is 61.2 Å². The number of rotatable bonds is 7. The molecule has 1 fully saturated rings. The minimum absolute atomic E-state index is 0.0418. The first-order chi connectivity index (χ1) is 16.8. The topological polar surface area (TPSA) is 61.4 Å². The molecule has 1 aliphatic rings. The maximum absolute atomic E-state index is 13.3. The summed E-state index contributed by atoms with van der Waals surface area (Å²) in [7, 11) is 0. The van der Waals surface area contributed by atoms with Gasteiger partial charge in [0.25, 0.3) is 11.8 Å². The van der Waals surface area contributed by atoms with E-state index < -0.39 is 6.04 Å². The molecule has 3 aromatic rings. The first-order valence-corrected chi connectivity index (χ1v) is 12.1. The molecule has 4 rings (SSSR count). The van der Waals surface area contributed by atoms with Crippen molar-refractivity contribution in [2.75, 3.05) is 18.4 Å². The van der Waals surface area contributed by atoms with Crippen LogP contribution >= 0.6 is 0 Å². The Bertz CT molecular complexity index is 1240. The third-order valence-corrected chi connectivity index (χ3v) is 6.55. The van der Waals surface area contributed by atoms with Crippen LogP contribution in [0.5, 0.6) is 0 Å². The van der Waals surface area contributed by atoms with Gasteiger partial charge in [-0.15, -0.1) is 0 Å². The van der Waals surface area contributed by atoms with Crippen LogP contribution in [0.3, 0.4) is 0 Å². The number of hydrogen-bond acceptors (Lipinski definition) is 3. The van der Waals surface area contributed by atoms with E-state index in [0.29, 0.717) is 16.8 Å². The fourth-order valence-corrected chi connectivity index (χ4v) is 4.57. The number of aryl methyl sites for hydroxylation is 3. The first-order valence-electron chi connectivity index (χ1n) is 12.1. The van der Waals surface area contributed by atoms with Gasteiger partial charge in [0.05, 0.1) is 6.04 Å². The van der Waals surface area contributed by atoms with Gasteiger partial charge in [0.15, 0.2) is 0 Å². The van der Waals surface area contributed by atoms with Crippen LogP contribution in [0.25, 0.3) is 0 Å². The lowest BCUT2D eigenvalue weighted by Crippen LogP contribution is -2.32. The summed E-state index contributed by atoms with van der Waals surface area (Å²) >= 11 is 0. The van der Waals surface area contributed by atoms with Crippen LogP contribution in [0.1, 0.15) is 61.9 Å². The quantitative estimate of drug-likeness (QED) is 0.452. The third-order valence-electron chi connectivity index (χ3n) is 6.55. The molecule has 5 nitrogen and oxygen atoms in total. The fraction of sp³-hybridized carbons (Fsp3) is 0.267. The molecule has 35 heavy (non-hydrogen) atoms. The lowest BCUT2D eigenvalue weighted by atomic mass is 10.0. The van der Waals surface area contributed by atoms with Crippen molar-refractivity contribution in [3.05, 3.63) is 112 Å². The number of likely N-dealkylation sites (tertiary alicyclic amines) is 1. The summed E-state index contributed by atoms with van der Waals surface area (Å²) in [5.41, 5.74) is 6.83. The third kappa shape index (κ3) is 5.62. The standard InChI is InChI=1S/C30H33N3O2/c1-20-12-15-27(22(3)18-20)31-23(4)28(24-10-6-5-7-11-24)32-29(34)25-13-14-26(21(2)19-25)30(35)33-16-8-9-17-33/h5-7,10-15,18-19,28,31H,4,8-9,16-17H2,1-3H3,(H,32,34). The number of carbonyl (C=O) groups is 2. The molecule has 0 saturated carbocycles. The molecule has 0 aliphatic carbocycles. The molecule has 1 aliphatic heterocycles. The molecule has 0 spiro atoms. The molecule has 1 heterocycles. The number of nitrogens with one attached hydrogen (secondary N) is 2. The molecular weight excluding hydrogens is 434 g/mol. The highest BCUT2D eigenvalue weighted by molar-refractivity contribution is 5.99. The van der Waals surface area contributed by atoms with Crippen molar-refractivity contribution >= 4 is 17.5 Å². The summed E-state index contributed by atoms with van der Waals surface area (Å²) in [6, 6.07) is 20.8. The Morgan fingerprint density at radius 3 is 2.26 bits per heavy atom. The Hall–Kier alpha value is -3.86. The molecule has 180 valence electrons. The molecule has 3 aromatic carbocycles. The zero-order valence-electron chi connectivity index (χ0n) is 20.7. The average molecular weight is 468 g/mol. The van der Waals surface area contributed by atoms with Gasteiger partial charge in [-0.05, 0) is 74.6 Å². The highest BCUT2D eigenvalue weighted by Gasteiger charge is 2.23. The Balaban J connectivity index is 1.55. The molecule has 0 radical (unpaired) electrons. The lowest BCUT2D eigenvalue weighted by Gasteiger charge is -2.24. The van der Waals surface area contributed by atoms with Crippen LogP contribution in [0.2, 0.25) is 0 Å². The summed E-state index contributed by atoms with van der Waals surface area (Å²) in [5.74, 6) is -0.175. The Morgan fingerprint density at radius 2 is 1.60 bits per heavy atom. The molecule has 1 atom stereocenters. The highest BCUT2D eigenvalue weighted by Crippen LogP contribution is 2.26. The van der Waals surface area contributed by atoms with Crippen LogP contribution in [-0.2, 0) is 0 Å². The van der Waals surface area contributed by atoms with E-state index in [4.69, 9.17) is 0 Å². The molecule has 2 amide bonds. The Labute approximate surface area is 207 Å². The number of benzene rings is 3. The van der Waals surface area contributed by atoms with Gasteiger partial charge in [0, 0.05) is 35.6 Å². The summed E-state index contributed by atoms with van der Waals surface area (Å²) in [4.78, 5) is 28.0. The van der Waals surface area contributed by atoms with Gasteiger partial charge in [0.1, 0.15) is 0 Å². The number of carbonyl (C=O) groups excluding carboxylic acids is 2.